The van der Waals surface area contributed by atoms with Crippen molar-refractivity contribution in [2.24, 2.45) is 0 Å². The van der Waals surface area contributed by atoms with E-state index in [-0.39, 0.29) is 5.56 Å². The Balaban J connectivity index is 2.47. The minimum Gasteiger partial charge on any atom is -0.497 e. The molecule has 1 N–H and O–H groups in total. The van der Waals surface area contributed by atoms with Gasteiger partial charge < -0.3 is 14.7 Å². The lowest BCUT2D eigenvalue weighted by molar-refractivity contribution is 0.0697. The first-order chi connectivity index (χ1) is 9.52. The highest BCUT2D eigenvalue weighted by Crippen LogP contribution is 2.29. The average molecular weight is 337 g/mol. The monoisotopic (exact) mass is 336 g/mol. The third-order valence-corrected chi connectivity index (χ3v) is 3.26. The van der Waals surface area contributed by atoms with Crippen LogP contribution in [0.1, 0.15) is 10.4 Å². The first-order valence-electron chi connectivity index (χ1n) is 5.79. The molecule has 104 valence electrons. The van der Waals surface area contributed by atoms with E-state index in [0.29, 0.717) is 16.0 Å². The minimum atomic E-state index is -1.02. The molecule has 1 aromatic heterocycles. The zero-order valence-electron chi connectivity index (χ0n) is 11.0. The number of carbonyl (C=O) groups is 1. The summed E-state index contributed by atoms with van der Waals surface area (Å²) in [7, 11) is 3.34. The lowest BCUT2D eigenvalue weighted by Crippen LogP contribution is -2.15. The summed E-state index contributed by atoms with van der Waals surface area (Å²) in [6.07, 6.45) is 1.57. The van der Waals surface area contributed by atoms with Gasteiger partial charge in [-0.05, 0) is 34.1 Å². The summed E-state index contributed by atoms with van der Waals surface area (Å²) in [5, 5.41) is 9.27. The van der Waals surface area contributed by atoms with Crippen molar-refractivity contribution in [3.63, 3.8) is 0 Å². The summed E-state index contributed by atoms with van der Waals surface area (Å²) in [4.78, 5) is 17.2. The number of carboxylic acids is 1. The van der Waals surface area contributed by atoms with E-state index in [1.807, 2.05) is 24.3 Å². The zero-order valence-corrected chi connectivity index (χ0v) is 12.6. The molecule has 2 aromatic rings. The number of aromatic nitrogens is 1. The fourth-order valence-electron chi connectivity index (χ4n) is 1.80. The number of hydrogen-bond acceptors (Lipinski definition) is 4. The van der Waals surface area contributed by atoms with Crippen molar-refractivity contribution in [1.29, 1.82) is 0 Å². The Labute approximate surface area is 124 Å². The van der Waals surface area contributed by atoms with Crippen LogP contribution >= 0.6 is 15.9 Å². The fourth-order valence-corrected chi connectivity index (χ4v) is 2.13. The number of pyridine rings is 1. The Hall–Kier alpha value is -2.08. The molecule has 0 bridgehead atoms. The van der Waals surface area contributed by atoms with Crippen molar-refractivity contribution in [2.45, 2.75) is 0 Å². The Morgan fingerprint density at radius 2 is 2.15 bits per heavy atom. The molecule has 6 heteroatoms. The molecule has 0 atom stereocenters. The number of carboxylic acid groups (broad SMARTS) is 1. The lowest BCUT2D eigenvalue weighted by atomic mass is 10.2. The molecular formula is C14H13BrN2O3. The second kappa shape index (κ2) is 5.92. The third kappa shape index (κ3) is 2.91. The number of rotatable bonds is 4. The first-order valence-corrected chi connectivity index (χ1v) is 6.59. The average Bonchev–Trinajstić information content (AvgIpc) is 2.46. The predicted octanol–water partition coefficient (Wildman–Crippen LogP) is 3.32. The molecule has 1 heterocycles. The predicted molar refractivity (Wildman–Crippen MR) is 80.0 cm³/mol. The number of nitrogens with zero attached hydrogens (tertiary/aromatic N) is 2. The maximum Gasteiger partial charge on any atom is 0.339 e. The van der Waals surface area contributed by atoms with Crippen LogP contribution in [0.5, 0.6) is 5.75 Å². The largest absolute Gasteiger partial charge is 0.497 e. The van der Waals surface area contributed by atoms with Crippen LogP contribution in [-0.2, 0) is 0 Å². The van der Waals surface area contributed by atoms with Crippen LogP contribution in [0.15, 0.2) is 41.0 Å². The van der Waals surface area contributed by atoms with Crippen LogP contribution in [0, 0.1) is 0 Å². The normalized spacial score (nSPS) is 10.2. The Bertz CT molecular complexity index is 646. The van der Waals surface area contributed by atoms with E-state index in [2.05, 4.69) is 20.9 Å². The summed E-state index contributed by atoms with van der Waals surface area (Å²) in [5.74, 6) is 0.0424. The Kier molecular flexibility index (Phi) is 4.24. The SMILES string of the molecule is COc1cccc(N(C)c2ncc(Br)cc2C(=O)O)c1. The highest BCUT2D eigenvalue weighted by molar-refractivity contribution is 9.10. The molecule has 0 saturated heterocycles. The van der Waals surface area contributed by atoms with Gasteiger partial charge in [-0.3, -0.25) is 0 Å². The van der Waals surface area contributed by atoms with Crippen LogP contribution in [0.25, 0.3) is 0 Å². The van der Waals surface area contributed by atoms with Crippen LogP contribution in [0.4, 0.5) is 11.5 Å². The molecule has 0 radical (unpaired) electrons. The summed E-state index contributed by atoms with van der Waals surface area (Å²) < 4.78 is 5.79. The van der Waals surface area contributed by atoms with Gasteiger partial charge in [-0.15, -0.1) is 0 Å². The quantitative estimate of drug-likeness (QED) is 0.927. The highest BCUT2D eigenvalue weighted by atomic mass is 79.9. The van der Waals surface area contributed by atoms with Gasteiger partial charge >= 0.3 is 5.97 Å². The smallest absolute Gasteiger partial charge is 0.339 e. The van der Waals surface area contributed by atoms with Gasteiger partial charge in [-0.1, -0.05) is 6.07 Å². The summed E-state index contributed by atoms with van der Waals surface area (Å²) >= 11 is 3.23. The summed E-state index contributed by atoms with van der Waals surface area (Å²) in [6, 6.07) is 8.86. The maximum atomic E-state index is 11.3. The molecule has 0 spiro atoms. The molecule has 0 aliphatic carbocycles. The van der Waals surface area contributed by atoms with Crippen molar-refractivity contribution in [3.8, 4) is 5.75 Å². The number of anilines is 2. The molecule has 2 rings (SSSR count). The Morgan fingerprint density at radius 3 is 2.80 bits per heavy atom. The topological polar surface area (TPSA) is 62.7 Å². The highest BCUT2D eigenvalue weighted by Gasteiger charge is 2.17. The van der Waals surface area contributed by atoms with E-state index in [9.17, 15) is 9.90 Å². The second-order valence-corrected chi connectivity index (χ2v) is 5.01. The van der Waals surface area contributed by atoms with E-state index >= 15 is 0 Å². The van der Waals surface area contributed by atoms with Gasteiger partial charge in [0, 0.05) is 29.5 Å². The molecule has 5 nitrogen and oxygen atoms in total. The number of hydrogen-bond donors (Lipinski definition) is 1. The van der Waals surface area contributed by atoms with Gasteiger partial charge in [-0.2, -0.15) is 0 Å². The maximum absolute atomic E-state index is 11.3. The number of benzene rings is 1. The number of halogens is 1. The van der Waals surface area contributed by atoms with E-state index < -0.39 is 5.97 Å². The molecule has 1 aromatic carbocycles. The van der Waals surface area contributed by atoms with Crippen LogP contribution in [0.2, 0.25) is 0 Å². The van der Waals surface area contributed by atoms with E-state index in [1.165, 1.54) is 6.07 Å². The van der Waals surface area contributed by atoms with Gasteiger partial charge in [0.2, 0.25) is 0 Å². The van der Waals surface area contributed by atoms with Crippen molar-refractivity contribution in [1.82, 2.24) is 4.98 Å². The third-order valence-electron chi connectivity index (χ3n) is 2.82. The Morgan fingerprint density at radius 1 is 1.40 bits per heavy atom. The van der Waals surface area contributed by atoms with Gasteiger partial charge in [0.15, 0.2) is 0 Å². The van der Waals surface area contributed by atoms with Gasteiger partial charge in [0.05, 0.1) is 7.11 Å². The van der Waals surface area contributed by atoms with E-state index in [1.54, 1.807) is 25.3 Å². The standard InChI is InChI=1S/C14H13BrN2O3/c1-17(10-4-3-5-11(7-10)20-2)13-12(14(18)19)6-9(15)8-16-13/h3-8H,1-2H3,(H,18,19). The molecule has 0 aliphatic heterocycles. The number of aromatic carboxylic acids is 1. The molecular weight excluding hydrogens is 324 g/mol. The molecule has 0 amide bonds. The minimum absolute atomic E-state index is 0.129. The summed E-state index contributed by atoms with van der Waals surface area (Å²) in [6.45, 7) is 0. The molecule has 0 fully saturated rings. The zero-order chi connectivity index (χ0) is 14.7. The van der Waals surface area contributed by atoms with Crippen molar-refractivity contribution in [2.75, 3.05) is 19.1 Å². The van der Waals surface area contributed by atoms with Crippen molar-refractivity contribution >= 4 is 33.4 Å². The van der Waals surface area contributed by atoms with Crippen molar-refractivity contribution in [3.05, 3.63) is 46.6 Å². The lowest BCUT2D eigenvalue weighted by Gasteiger charge is -2.20. The van der Waals surface area contributed by atoms with E-state index in [4.69, 9.17) is 4.74 Å². The molecule has 0 aliphatic rings. The molecule has 0 saturated carbocycles. The van der Waals surface area contributed by atoms with Crippen molar-refractivity contribution < 1.29 is 14.6 Å². The fraction of sp³-hybridized carbons (Fsp3) is 0.143. The second-order valence-electron chi connectivity index (χ2n) is 4.09. The number of methoxy groups -OCH3 is 1. The first kappa shape index (κ1) is 14.3. The van der Waals surface area contributed by atoms with Gasteiger partial charge in [0.1, 0.15) is 17.1 Å². The summed E-state index contributed by atoms with van der Waals surface area (Å²) in [5.41, 5.74) is 0.923. The van der Waals surface area contributed by atoms with Crippen LogP contribution < -0.4 is 9.64 Å². The molecule has 20 heavy (non-hydrogen) atoms. The molecule has 0 unspecified atom stereocenters. The van der Waals surface area contributed by atoms with Crippen LogP contribution in [0.3, 0.4) is 0 Å². The number of ether oxygens (including phenoxy) is 1. The van der Waals surface area contributed by atoms with E-state index in [0.717, 1.165) is 5.69 Å². The van der Waals surface area contributed by atoms with Crippen LogP contribution in [-0.4, -0.2) is 30.2 Å². The van der Waals surface area contributed by atoms with Gasteiger partial charge in [-0.25, -0.2) is 9.78 Å². The van der Waals surface area contributed by atoms with Gasteiger partial charge in [0.25, 0.3) is 0 Å².